The Hall–Kier alpha value is -1.79. The number of aryl methyl sites for hydroxylation is 1. The molecule has 2 N–H and O–H groups in total. The topological polar surface area (TPSA) is 54.0 Å². The lowest BCUT2D eigenvalue weighted by atomic mass is 10.3. The van der Waals surface area contributed by atoms with Crippen LogP contribution >= 0.6 is 11.3 Å². The van der Waals surface area contributed by atoms with Crippen LogP contribution < -0.4 is 10.6 Å². The van der Waals surface area contributed by atoms with Gasteiger partial charge in [-0.3, -0.25) is 4.79 Å². The van der Waals surface area contributed by atoms with E-state index in [2.05, 4.69) is 15.6 Å². The minimum atomic E-state index is -0.366. The zero-order valence-electron chi connectivity index (χ0n) is 11.1. The van der Waals surface area contributed by atoms with E-state index in [0.717, 1.165) is 17.1 Å². The highest BCUT2D eigenvalue weighted by Gasteiger charge is 2.03. The van der Waals surface area contributed by atoms with Crippen LogP contribution in [0.2, 0.25) is 0 Å². The van der Waals surface area contributed by atoms with Gasteiger partial charge in [0.1, 0.15) is 5.82 Å². The van der Waals surface area contributed by atoms with Gasteiger partial charge in [-0.15, -0.1) is 11.3 Å². The van der Waals surface area contributed by atoms with E-state index in [1.807, 2.05) is 12.3 Å². The van der Waals surface area contributed by atoms with E-state index in [-0.39, 0.29) is 18.3 Å². The van der Waals surface area contributed by atoms with Gasteiger partial charge in [-0.2, -0.15) is 0 Å². The number of hydrogen-bond donors (Lipinski definition) is 2. The van der Waals surface area contributed by atoms with Crippen molar-refractivity contribution >= 4 is 22.9 Å². The van der Waals surface area contributed by atoms with Gasteiger partial charge in [0, 0.05) is 24.0 Å². The Morgan fingerprint density at radius 1 is 1.45 bits per heavy atom. The lowest BCUT2D eigenvalue weighted by Gasteiger charge is -2.06. The van der Waals surface area contributed by atoms with Gasteiger partial charge in [0.25, 0.3) is 0 Å². The third kappa shape index (κ3) is 4.71. The van der Waals surface area contributed by atoms with Gasteiger partial charge in [-0.05, 0) is 25.1 Å². The van der Waals surface area contributed by atoms with E-state index in [1.54, 1.807) is 23.5 Å². The van der Waals surface area contributed by atoms with Crippen LogP contribution in [0, 0.1) is 12.7 Å². The molecule has 0 radical (unpaired) electrons. The van der Waals surface area contributed by atoms with Crippen molar-refractivity contribution in [2.75, 3.05) is 18.4 Å². The summed E-state index contributed by atoms with van der Waals surface area (Å²) >= 11 is 1.62. The smallest absolute Gasteiger partial charge is 0.238 e. The molecule has 0 aliphatic rings. The van der Waals surface area contributed by atoms with Gasteiger partial charge >= 0.3 is 0 Å². The number of carbonyl (C=O) groups excluding carboxylic acids is 1. The maximum Gasteiger partial charge on any atom is 0.238 e. The molecular weight excluding hydrogens is 277 g/mol. The van der Waals surface area contributed by atoms with Gasteiger partial charge in [-0.25, -0.2) is 9.37 Å². The molecule has 6 heteroatoms. The lowest BCUT2D eigenvalue weighted by Crippen LogP contribution is -2.29. The Labute approximate surface area is 121 Å². The zero-order valence-corrected chi connectivity index (χ0v) is 12.0. The van der Waals surface area contributed by atoms with E-state index in [4.69, 9.17) is 0 Å². The SMILES string of the molecule is Cc1nc(CCNCC(=O)Nc2cccc(F)c2)cs1. The maximum atomic E-state index is 12.9. The van der Waals surface area contributed by atoms with Crippen molar-refractivity contribution in [2.24, 2.45) is 0 Å². The normalized spacial score (nSPS) is 10.5. The first-order valence-corrected chi connectivity index (χ1v) is 7.18. The molecule has 1 amide bonds. The van der Waals surface area contributed by atoms with Crippen molar-refractivity contribution in [1.82, 2.24) is 10.3 Å². The molecule has 1 heterocycles. The van der Waals surface area contributed by atoms with Crippen LogP contribution in [0.5, 0.6) is 0 Å². The third-order valence-corrected chi connectivity index (χ3v) is 3.44. The first-order valence-electron chi connectivity index (χ1n) is 6.30. The van der Waals surface area contributed by atoms with Crippen molar-refractivity contribution in [3.8, 4) is 0 Å². The molecule has 0 fully saturated rings. The molecule has 2 aromatic rings. The molecule has 1 aromatic heterocycles. The fourth-order valence-electron chi connectivity index (χ4n) is 1.71. The number of anilines is 1. The minimum absolute atomic E-state index is 0.190. The number of benzene rings is 1. The number of nitrogens with one attached hydrogen (secondary N) is 2. The summed E-state index contributed by atoms with van der Waals surface area (Å²) in [6.07, 6.45) is 0.789. The summed E-state index contributed by atoms with van der Waals surface area (Å²) in [5.41, 5.74) is 1.50. The quantitative estimate of drug-likeness (QED) is 0.804. The number of nitrogens with zero attached hydrogens (tertiary/aromatic N) is 1. The van der Waals surface area contributed by atoms with Crippen LogP contribution in [0.15, 0.2) is 29.6 Å². The molecule has 0 saturated heterocycles. The summed E-state index contributed by atoms with van der Waals surface area (Å²) in [6, 6.07) is 5.84. The van der Waals surface area contributed by atoms with Crippen LogP contribution in [-0.2, 0) is 11.2 Å². The maximum absolute atomic E-state index is 12.9. The van der Waals surface area contributed by atoms with Crippen molar-refractivity contribution in [2.45, 2.75) is 13.3 Å². The molecule has 106 valence electrons. The summed E-state index contributed by atoms with van der Waals surface area (Å²) in [5.74, 6) is -0.556. The van der Waals surface area contributed by atoms with E-state index >= 15 is 0 Å². The number of thiazole rings is 1. The number of halogens is 1. The Morgan fingerprint density at radius 2 is 2.30 bits per heavy atom. The van der Waals surface area contributed by atoms with Gasteiger partial charge < -0.3 is 10.6 Å². The van der Waals surface area contributed by atoms with Crippen molar-refractivity contribution in [1.29, 1.82) is 0 Å². The van der Waals surface area contributed by atoms with Crippen LogP contribution in [0.25, 0.3) is 0 Å². The average Bonchev–Trinajstić information content (AvgIpc) is 2.80. The van der Waals surface area contributed by atoms with E-state index in [9.17, 15) is 9.18 Å². The molecule has 2 rings (SSSR count). The molecule has 4 nitrogen and oxygen atoms in total. The Morgan fingerprint density at radius 3 is 3.00 bits per heavy atom. The Kier molecular flexibility index (Phi) is 5.20. The highest BCUT2D eigenvalue weighted by atomic mass is 32.1. The molecule has 0 atom stereocenters. The molecule has 0 saturated carbocycles. The second-order valence-corrected chi connectivity index (χ2v) is 5.41. The predicted octanol–water partition coefficient (Wildman–Crippen LogP) is 2.36. The molecule has 20 heavy (non-hydrogen) atoms. The van der Waals surface area contributed by atoms with Crippen LogP contribution in [0.3, 0.4) is 0 Å². The number of amides is 1. The van der Waals surface area contributed by atoms with Gasteiger partial charge in [0.2, 0.25) is 5.91 Å². The van der Waals surface area contributed by atoms with E-state index < -0.39 is 0 Å². The van der Waals surface area contributed by atoms with Crippen molar-refractivity contribution in [3.63, 3.8) is 0 Å². The number of rotatable bonds is 6. The van der Waals surface area contributed by atoms with Crippen LogP contribution in [-0.4, -0.2) is 24.0 Å². The number of carbonyl (C=O) groups is 1. The average molecular weight is 293 g/mol. The third-order valence-electron chi connectivity index (χ3n) is 2.62. The van der Waals surface area contributed by atoms with Gasteiger partial charge in [-0.1, -0.05) is 6.07 Å². The largest absolute Gasteiger partial charge is 0.325 e. The van der Waals surface area contributed by atoms with Gasteiger partial charge in [0.15, 0.2) is 0 Å². The molecule has 0 aliphatic carbocycles. The molecule has 0 unspecified atom stereocenters. The van der Waals surface area contributed by atoms with Gasteiger partial charge in [0.05, 0.1) is 17.2 Å². The molecule has 0 aliphatic heterocycles. The van der Waals surface area contributed by atoms with Crippen molar-refractivity contribution < 1.29 is 9.18 Å². The first-order chi connectivity index (χ1) is 9.63. The standard InChI is InChI=1S/C14H16FN3OS/c1-10-17-13(9-20-10)5-6-16-8-14(19)18-12-4-2-3-11(15)7-12/h2-4,7,9,16H,5-6,8H2,1H3,(H,18,19). The highest BCUT2D eigenvalue weighted by molar-refractivity contribution is 7.09. The lowest BCUT2D eigenvalue weighted by molar-refractivity contribution is -0.115. The zero-order chi connectivity index (χ0) is 14.4. The second kappa shape index (κ2) is 7.12. The summed E-state index contributed by atoms with van der Waals surface area (Å²) in [6.45, 7) is 2.84. The fourth-order valence-corrected chi connectivity index (χ4v) is 2.36. The number of hydrogen-bond acceptors (Lipinski definition) is 4. The van der Waals surface area contributed by atoms with E-state index in [1.165, 1.54) is 12.1 Å². The monoisotopic (exact) mass is 293 g/mol. The first kappa shape index (κ1) is 14.6. The summed E-state index contributed by atoms with van der Waals surface area (Å²) in [5, 5.41) is 8.73. The second-order valence-electron chi connectivity index (χ2n) is 4.34. The molecular formula is C14H16FN3OS. The summed E-state index contributed by atoms with van der Waals surface area (Å²) in [7, 11) is 0. The minimum Gasteiger partial charge on any atom is -0.325 e. The Bertz CT molecular complexity index is 585. The molecule has 0 spiro atoms. The predicted molar refractivity (Wildman–Crippen MR) is 78.5 cm³/mol. The summed E-state index contributed by atoms with van der Waals surface area (Å²) in [4.78, 5) is 16.0. The molecule has 1 aromatic carbocycles. The number of aromatic nitrogens is 1. The van der Waals surface area contributed by atoms with Crippen LogP contribution in [0.1, 0.15) is 10.7 Å². The fraction of sp³-hybridized carbons (Fsp3) is 0.286. The summed E-state index contributed by atoms with van der Waals surface area (Å²) < 4.78 is 12.9. The Balaban J connectivity index is 1.67. The highest BCUT2D eigenvalue weighted by Crippen LogP contribution is 2.09. The molecule has 0 bridgehead atoms. The van der Waals surface area contributed by atoms with Crippen LogP contribution in [0.4, 0.5) is 10.1 Å². The van der Waals surface area contributed by atoms with Crippen molar-refractivity contribution in [3.05, 3.63) is 46.2 Å². The van der Waals surface area contributed by atoms with E-state index in [0.29, 0.717) is 12.2 Å².